The summed E-state index contributed by atoms with van der Waals surface area (Å²) in [6, 6.07) is 8.90. The number of aromatic nitrogens is 4. The van der Waals surface area contributed by atoms with E-state index in [-0.39, 0.29) is 5.91 Å². The van der Waals surface area contributed by atoms with Crippen LogP contribution in [0.3, 0.4) is 0 Å². The van der Waals surface area contributed by atoms with E-state index in [1.165, 1.54) is 6.33 Å². The molecule has 2 aromatic heterocycles. The van der Waals surface area contributed by atoms with Crippen LogP contribution in [-0.2, 0) is 11.2 Å². The number of fused-ring (bicyclic) bond motifs is 1. The number of amides is 1. The molecule has 0 radical (unpaired) electrons. The largest absolute Gasteiger partial charge is 0.326 e. The van der Waals surface area contributed by atoms with Gasteiger partial charge in [0.2, 0.25) is 5.91 Å². The molecule has 0 saturated heterocycles. The molecule has 1 N–H and O–H groups in total. The van der Waals surface area contributed by atoms with Crippen molar-refractivity contribution in [2.45, 2.75) is 26.7 Å². The smallest absolute Gasteiger partial charge is 0.252 e. The van der Waals surface area contributed by atoms with Gasteiger partial charge in [0.15, 0.2) is 0 Å². The van der Waals surface area contributed by atoms with Gasteiger partial charge >= 0.3 is 0 Å². The first kappa shape index (κ1) is 15.6. The number of nitrogens with one attached hydrogen (secondary N) is 1. The Morgan fingerprint density at radius 3 is 3.00 bits per heavy atom. The van der Waals surface area contributed by atoms with Gasteiger partial charge in [-0.3, -0.25) is 4.79 Å². The summed E-state index contributed by atoms with van der Waals surface area (Å²) in [4.78, 5) is 20.7. The highest BCUT2D eigenvalue weighted by molar-refractivity contribution is 5.91. The van der Waals surface area contributed by atoms with Gasteiger partial charge < -0.3 is 5.32 Å². The van der Waals surface area contributed by atoms with Crippen LogP contribution < -0.4 is 5.32 Å². The zero-order valence-corrected chi connectivity index (χ0v) is 13.4. The number of nitriles is 1. The van der Waals surface area contributed by atoms with Gasteiger partial charge in [0, 0.05) is 23.5 Å². The average Bonchev–Trinajstić information content (AvgIpc) is 3.03. The van der Waals surface area contributed by atoms with Gasteiger partial charge in [0.1, 0.15) is 6.33 Å². The third kappa shape index (κ3) is 3.08. The molecule has 0 bridgehead atoms. The van der Waals surface area contributed by atoms with Gasteiger partial charge in [-0.15, -0.1) is 0 Å². The topological polar surface area (TPSA) is 96.0 Å². The second-order valence-electron chi connectivity index (χ2n) is 5.47. The summed E-state index contributed by atoms with van der Waals surface area (Å²) in [5.41, 5.74) is 3.92. The fourth-order valence-electron chi connectivity index (χ4n) is 2.65. The molecule has 0 spiro atoms. The zero-order chi connectivity index (χ0) is 17.1. The molecule has 0 atom stereocenters. The predicted molar refractivity (Wildman–Crippen MR) is 88.4 cm³/mol. The molecule has 24 heavy (non-hydrogen) atoms. The highest BCUT2D eigenvalue weighted by Crippen LogP contribution is 2.16. The molecular formula is C17H16N6O. The van der Waals surface area contributed by atoms with E-state index in [1.54, 1.807) is 28.8 Å². The normalized spacial score (nSPS) is 10.5. The Morgan fingerprint density at radius 2 is 2.21 bits per heavy atom. The van der Waals surface area contributed by atoms with E-state index in [9.17, 15) is 4.79 Å². The summed E-state index contributed by atoms with van der Waals surface area (Å²) < 4.78 is 1.68. The monoisotopic (exact) mass is 320 g/mol. The first-order valence-electron chi connectivity index (χ1n) is 7.54. The van der Waals surface area contributed by atoms with Crippen molar-refractivity contribution in [3.05, 3.63) is 53.1 Å². The van der Waals surface area contributed by atoms with Crippen LogP contribution in [0.2, 0.25) is 0 Å². The van der Waals surface area contributed by atoms with Crippen molar-refractivity contribution < 1.29 is 4.79 Å². The minimum absolute atomic E-state index is 0.109. The van der Waals surface area contributed by atoms with Crippen LogP contribution in [0.25, 0.3) is 5.78 Å². The Bertz CT molecular complexity index is 953. The maximum absolute atomic E-state index is 12.2. The van der Waals surface area contributed by atoms with Crippen molar-refractivity contribution in [2.24, 2.45) is 0 Å². The Hall–Kier alpha value is -3.27. The highest BCUT2D eigenvalue weighted by Gasteiger charge is 2.12. The predicted octanol–water partition coefficient (Wildman–Crippen LogP) is 2.18. The molecule has 0 unspecified atom stereocenters. The summed E-state index contributed by atoms with van der Waals surface area (Å²) in [6.07, 6.45) is 2.35. The van der Waals surface area contributed by atoms with Crippen LogP contribution in [-0.4, -0.2) is 25.5 Å². The van der Waals surface area contributed by atoms with Crippen LogP contribution >= 0.6 is 0 Å². The first-order chi connectivity index (χ1) is 11.6. The molecule has 0 fully saturated rings. The van der Waals surface area contributed by atoms with E-state index in [0.717, 1.165) is 17.0 Å². The highest BCUT2D eigenvalue weighted by atomic mass is 16.1. The summed E-state index contributed by atoms with van der Waals surface area (Å²) >= 11 is 0. The van der Waals surface area contributed by atoms with Gasteiger partial charge in [-0.1, -0.05) is 6.07 Å². The van der Waals surface area contributed by atoms with Crippen molar-refractivity contribution in [1.29, 1.82) is 5.26 Å². The van der Waals surface area contributed by atoms with Crippen LogP contribution in [0.4, 0.5) is 5.69 Å². The van der Waals surface area contributed by atoms with Crippen molar-refractivity contribution in [1.82, 2.24) is 19.6 Å². The van der Waals surface area contributed by atoms with Gasteiger partial charge in [-0.05, 0) is 44.0 Å². The lowest BCUT2D eigenvalue weighted by Crippen LogP contribution is -2.14. The number of carbonyl (C=O) groups is 1. The standard InChI is InChI=1S/C17H16N6O/c1-11-15(12(2)23-17(21-11)19-10-20-23)6-7-16(24)22-14-5-3-4-13(8-14)9-18/h3-5,8,10H,6-7H2,1-2H3,(H,22,24). The van der Waals surface area contributed by atoms with Crippen molar-refractivity contribution in [3.63, 3.8) is 0 Å². The van der Waals surface area contributed by atoms with E-state index in [1.807, 2.05) is 13.8 Å². The molecule has 0 saturated carbocycles. The fourth-order valence-corrected chi connectivity index (χ4v) is 2.65. The van der Waals surface area contributed by atoms with Gasteiger partial charge in [-0.25, -0.2) is 9.50 Å². The Labute approximate surface area is 139 Å². The molecule has 3 rings (SSSR count). The lowest BCUT2D eigenvalue weighted by molar-refractivity contribution is -0.116. The lowest BCUT2D eigenvalue weighted by Gasteiger charge is -2.10. The summed E-state index contributed by atoms with van der Waals surface area (Å²) in [7, 11) is 0. The molecule has 7 nitrogen and oxygen atoms in total. The van der Waals surface area contributed by atoms with Crippen LogP contribution in [0.5, 0.6) is 0 Å². The van der Waals surface area contributed by atoms with Crippen LogP contribution in [0.1, 0.15) is 28.9 Å². The number of nitrogens with zero attached hydrogens (tertiary/aromatic N) is 5. The molecule has 0 aliphatic rings. The summed E-state index contributed by atoms with van der Waals surface area (Å²) in [6.45, 7) is 3.85. The summed E-state index contributed by atoms with van der Waals surface area (Å²) in [5.74, 6) is 0.453. The molecule has 7 heteroatoms. The van der Waals surface area contributed by atoms with Gasteiger partial charge in [0.05, 0.1) is 11.6 Å². The maximum atomic E-state index is 12.2. The second-order valence-corrected chi connectivity index (χ2v) is 5.47. The summed E-state index contributed by atoms with van der Waals surface area (Å²) in [5, 5.41) is 15.9. The number of aryl methyl sites for hydroxylation is 2. The Morgan fingerprint density at radius 1 is 1.38 bits per heavy atom. The van der Waals surface area contributed by atoms with Gasteiger partial charge in [0.25, 0.3) is 5.78 Å². The van der Waals surface area contributed by atoms with Crippen molar-refractivity contribution in [2.75, 3.05) is 5.32 Å². The maximum Gasteiger partial charge on any atom is 0.252 e. The average molecular weight is 320 g/mol. The molecule has 1 amide bonds. The minimum atomic E-state index is -0.109. The molecule has 3 aromatic rings. The van der Waals surface area contributed by atoms with Crippen LogP contribution in [0.15, 0.2) is 30.6 Å². The fraction of sp³-hybridized carbons (Fsp3) is 0.235. The number of anilines is 1. The van der Waals surface area contributed by atoms with E-state index >= 15 is 0 Å². The molecule has 1 aromatic carbocycles. The Kier molecular flexibility index (Phi) is 4.20. The molecule has 0 aliphatic carbocycles. The van der Waals surface area contributed by atoms with Gasteiger partial charge in [-0.2, -0.15) is 15.3 Å². The molecular weight excluding hydrogens is 304 g/mol. The van der Waals surface area contributed by atoms with E-state index in [2.05, 4.69) is 26.5 Å². The lowest BCUT2D eigenvalue weighted by atomic mass is 10.1. The molecule has 0 aliphatic heterocycles. The van der Waals surface area contributed by atoms with E-state index in [0.29, 0.717) is 29.9 Å². The zero-order valence-electron chi connectivity index (χ0n) is 13.4. The Balaban J connectivity index is 1.71. The second kappa shape index (κ2) is 6.46. The first-order valence-corrected chi connectivity index (χ1v) is 7.54. The van der Waals surface area contributed by atoms with Crippen molar-refractivity contribution >= 4 is 17.4 Å². The van der Waals surface area contributed by atoms with Crippen molar-refractivity contribution in [3.8, 4) is 6.07 Å². The molecule has 120 valence electrons. The van der Waals surface area contributed by atoms with Crippen LogP contribution in [0, 0.1) is 25.2 Å². The van der Waals surface area contributed by atoms with E-state index in [4.69, 9.17) is 5.26 Å². The number of carbonyl (C=O) groups excluding carboxylic acids is 1. The third-order valence-electron chi connectivity index (χ3n) is 3.87. The molecule has 2 heterocycles. The van der Waals surface area contributed by atoms with E-state index < -0.39 is 0 Å². The number of benzene rings is 1. The SMILES string of the molecule is Cc1nc2ncnn2c(C)c1CCC(=O)Nc1cccc(C#N)c1. The number of rotatable bonds is 4. The third-order valence-corrected chi connectivity index (χ3v) is 3.87. The quantitative estimate of drug-likeness (QED) is 0.795. The number of hydrogen-bond donors (Lipinski definition) is 1. The number of hydrogen-bond acceptors (Lipinski definition) is 5. The minimum Gasteiger partial charge on any atom is -0.326 e.